The number of methoxy groups -OCH3 is 1. The molecule has 0 unspecified atom stereocenters. The van der Waals surface area contributed by atoms with E-state index in [2.05, 4.69) is 51.4 Å². The zero-order valence-corrected chi connectivity index (χ0v) is 18.4. The Morgan fingerprint density at radius 1 is 1.10 bits per heavy atom. The third-order valence-electron chi connectivity index (χ3n) is 5.61. The van der Waals surface area contributed by atoms with Gasteiger partial charge in [-0.3, -0.25) is 4.79 Å². The zero-order valence-electron chi connectivity index (χ0n) is 17.6. The van der Waals surface area contributed by atoms with Crippen molar-refractivity contribution in [2.45, 2.75) is 19.8 Å². The number of nitrogens with zero attached hydrogens (tertiary/aromatic N) is 3. The molecule has 1 saturated heterocycles. The first kappa shape index (κ1) is 21.1. The molecule has 0 bridgehead atoms. The molecule has 1 aliphatic heterocycles. The molecule has 0 spiro atoms. The van der Waals surface area contributed by atoms with E-state index in [1.54, 1.807) is 31.6 Å². The number of aryl methyl sites for hydroxylation is 1. The topological polar surface area (TPSA) is 67.3 Å². The largest absolute Gasteiger partial charge is 0.495 e. The SMILES string of the molecule is COc1ccc(NC(=O)C2CCN(c3cc(-c4ccc(C)cc4)ncn3)CC2)cc1Cl. The second-order valence-corrected chi connectivity index (χ2v) is 8.13. The molecule has 4 rings (SSSR count). The number of anilines is 2. The number of carbonyl (C=O) groups is 1. The number of carbonyl (C=O) groups excluding carboxylic acids is 1. The molecule has 1 amide bonds. The Morgan fingerprint density at radius 3 is 2.52 bits per heavy atom. The van der Waals surface area contributed by atoms with E-state index in [1.807, 2.05) is 6.07 Å². The molecule has 2 aromatic carbocycles. The minimum Gasteiger partial charge on any atom is -0.495 e. The quantitative estimate of drug-likeness (QED) is 0.611. The zero-order chi connectivity index (χ0) is 21.8. The van der Waals surface area contributed by atoms with Crippen molar-refractivity contribution < 1.29 is 9.53 Å². The molecule has 1 fully saturated rings. The first-order valence-corrected chi connectivity index (χ1v) is 10.7. The van der Waals surface area contributed by atoms with E-state index >= 15 is 0 Å². The number of benzene rings is 2. The number of piperidine rings is 1. The lowest BCUT2D eigenvalue weighted by Gasteiger charge is -2.32. The maximum atomic E-state index is 12.7. The van der Waals surface area contributed by atoms with Crippen molar-refractivity contribution in [3.8, 4) is 17.0 Å². The van der Waals surface area contributed by atoms with E-state index in [0.717, 1.165) is 43.0 Å². The normalized spacial score (nSPS) is 14.4. The van der Waals surface area contributed by atoms with Gasteiger partial charge in [0.05, 0.1) is 17.8 Å². The summed E-state index contributed by atoms with van der Waals surface area (Å²) in [6.07, 6.45) is 3.13. The third-order valence-corrected chi connectivity index (χ3v) is 5.90. The molecular weight excluding hydrogens is 412 g/mol. The van der Waals surface area contributed by atoms with Gasteiger partial charge in [0, 0.05) is 36.3 Å². The summed E-state index contributed by atoms with van der Waals surface area (Å²) in [4.78, 5) is 23.8. The molecule has 3 aromatic rings. The molecule has 31 heavy (non-hydrogen) atoms. The second-order valence-electron chi connectivity index (χ2n) is 7.73. The molecule has 0 saturated carbocycles. The van der Waals surface area contributed by atoms with Gasteiger partial charge in [0.25, 0.3) is 0 Å². The molecule has 160 valence electrons. The molecule has 1 aliphatic rings. The number of nitrogens with one attached hydrogen (secondary N) is 1. The highest BCUT2D eigenvalue weighted by molar-refractivity contribution is 6.32. The Kier molecular flexibility index (Phi) is 6.37. The predicted molar refractivity (Wildman–Crippen MR) is 124 cm³/mol. The Labute approximate surface area is 187 Å². The molecule has 7 heteroatoms. The Morgan fingerprint density at radius 2 is 1.84 bits per heavy atom. The number of hydrogen-bond donors (Lipinski definition) is 1. The number of aromatic nitrogens is 2. The van der Waals surface area contributed by atoms with Crippen LogP contribution in [0.3, 0.4) is 0 Å². The molecular formula is C24H25ClN4O2. The summed E-state index contributed by atoms with van der Waals surface area (Å²) in [5.74, 6) is 1.45. The van der Waals surface area contributed by atoms with Crippen molar-refractivity contribution in [2.75, 3.05) is 30.4 Å². The standard InChI is InChI=1S/C24H25ClN4O2/c1-16-3-5-17(6-4-16)21-14-23(27-15-26-21)29-11-9-18(10-12-29)24(30)28-19-7-8-22(31-2)20(25)13-19/h3-8,13-15,18H,9-12H2,1-2H3,(H,28,30). The molecule has 0 aliphatic carbocycles. The van der Waals surface area contributed by atoms with Crippen LogP contribution in [0.15, 0.2) is 54.9 Å². The minimum atomic E-state index is -0.0458. The van der Waals surface area contributed by atoms with E-state index in [0.29, 0.717) is 16.5 Å². The molecule has 0 atom stereocenters. The van der Waals surface area contributed by atoms with E-state index in [4.69, 9.17) is 16.3 Å². The van der Waals surface area contributed by atoms with Crippen LogP contribution in [0.25, 0.3) is 11.3 Å². The molecule has 6 nitrogen and oxygen atoms in total. The van der Waals surface area contributed by atoms with Crippen molar-refractivity contribution in [3.05, 3.63) is 65.4 Å². The van der Waals surface area contributed by atoms with Gasteiger partial charge in [-0.25, -0.2) is 9.97 Å². The first-order chi connectivity index (χ1) is 15.0. The van der Waals surface area contributed by atoms with Gasteiger partial charge in [0.2, 0.25) is 5.91 Å². The van der Waals surface area contributed by atoms with Crippen LogP contribution in [0.4, 0.5) is 11.5 Å². The second kappa shape index (κ2) is 9.35. The molecule has 1 aromatic heterocycles. The summed E-state index contributed by atoms with van der Waals surface area (Å²) in [7, 11) is 1.56. The van der Waals surface area contributed by atoms with E-state index in [-0.39, 0.29) is 11.8 Å². The predicted octanol–water partition coefficient (Wildman–Crippen LogP) is 4.97. The number of ether oxygens (including phenoxy) is 1. The van der Waals surface area contributed by atoms with Crippen molar-refractivity contribution in [1.82, 2.24) is 9.97 Å². The van der Waals surface area contributed by atoms with Gasteiger partial charge in [0.1, 0.15) is 17.9 Å². The van der Waals surface area contributed by atoms with Gasteiger partial charge in [0.15, 0.2) is 0 Å². The van der Waals surface area contributed by atoms with Gasteiger partial charge in [-0.15, -0.1) is 0 Å². The summed E-state index contributed by atoms with van der Waals surface area (Å²) in [6, 6.07) is 15.6. The Balaban J connectivity index is 1.37. The number of hydrogen-bond acceptors (Lipinski definition) is 5. The lowest BCUT2D eigenvalue weighted by Crippen LogP contribution is -2.38. The number of amides is 1. The van der Waals surface area contributed by atoms with Crippen LogP contribution in [-0.2, 0) is 4.79 Å². The fourth-order valence-corrected chi connectivity index (χ4v) is 4.02. The minimum absolute atomic E-state index is 0.0175. The summed E-state index contributed by atoms with van der Waals surface area (Å²) in [5, 5.41) is 3.45. The highest BCUT2D eigenvalue weighted by Gasteiger charge is 2.26. The molecule has 2 heterocycles. The smallest absolute Gasteiger partial charge is 0.227 e. The van der Waals surface area contributed by atoms with Crippen LogP contribution in [0, 0.1) is 12.8 Å². The fraction of sp³-hybridized carbons (Fsp3) is 0.292. The van der Waals surface area contributed by atoms with Gasteiger partial charge in [-0.2, -0.15) is 0 Å². The number of rotatable bonds is 5. The van der Waals surface area contributed by atoms with Gasteiger partial charge in [-0.05, 0) is 38.0 Å². The van der Waals surface area contributed by atoms with Crippen LogP contribution in [0.1, 0.15) is 18.4 Å². The maximum Gasteiger partial charge on any atom is 0.227 e. The molecule has 1 N–H and O–H groups in total. The van der Waals surface area contributed by atoms with Gasteiger partial charge in [-0.1, -0.05) is 41.4 Å². The van der Waals surface area contributed by atoms with Crippen LogP contribution in [0.2, 0.25) is 5.02 Å². The van der Waals surface area contributed by atoms with E-state index in [1.165, 1.54) is 5.56 Å². The van der Waals surface area contributed by atoms with Crippen molar-refractivity contribution in [3.63, 3.8) is 0 Å². The van der Waals surface area contributed by atoms with Gasteiger partial charge < -0.3 is 15.0 Å². The highest BCUT2D eigenvalue weighted by Crippen LogP contribution is 2.29. The summed E-state index contributed by atoms with van der Waals surface area (Å²) in [5.41, 5.74) is 3.87. The average Bonchev–Trinajstić information content (AvgIpc) is 2.80. The van der Waals surface area contributed by atoms with Crippen LogP contribution in [-0.4, -0.2) is 36.1 Å². The van der Waals surface area contributed by atoms with Crippen molar-refractivity contribution in [1.29, 1.82) is 0 Å². The maximum absolute atomic E-state index is 12.7. The van der Waals surface area contributed by atoms with Crippen LogP contribution >= 0.6 is 11.6 Å². The van der Waals surface area contributed by atoms with Crippen LogP contribution in [0.5, 0.6) is 5.75 Å². The third kappa shape index (κ3) is 4.97. The lowest BCUT2D eigenvalue weighted by atomic mass is 9.95. The number of halogens is 1. The fourth-order valence-electron chi connectivity index (χ4n) is 3.76. The van der Waals surface area contributed by atoms with Crippen molar-refractivity contribution >= 4 is 29.0 Å². The first-order valence-electron chi connectivity index (χ1n) is 10.3. The summed E-state index contributed by atoms with van der Waals surface area (Å²) < 4.78 is 5.16. The lowest BCUT2D eigenvalue weighted by molar-refractivity contribution is -0.120. The van der Waals surface area contributed by atoms with E-state index < -0.39 is 0 Å². The monoisotopic (exact) mass is 436 g/mol. The Bertz CT molecular complexity index is 1060. The molecule has 0 radical (unpaired) electrons. The summed E-state index contributed by atoms with van der Waals surface area (Å²) >= 11 is 6.16. The van der Waals surface area contributed by atoms with Crippen molar-refractivity contribution in [2.24, 2.45) is 5.92 Å². The average molecular weight is 437 g/mol. The van der Waals surface area contributed by atoms with E-state index in [9.17, 15) is 4.79 Å². The summed E-state index contributed by atoms with van der Waals surface area (Å²) in [6.45, 7) is 3.61. The highest BCUT2D eigenvalue weighted by atomic mass is 35.5. The van der Waals surface area contributed by atoms with Gasteiger partial charge >= 0.3 is 0 Å². The van der Waals surface area contributed by atoms with Crippen LogP contribution < -0.4 is 15.0 Å². The Hall–Kier alpha value is -3.12.